The van der Waals surface area contributed by atoms with Crippen LogP contribution in [0.4, 0.5) is 5.69 Å². The molecule has 0 aliphatic rings. The Bertz CT molecular complexity index is 1280. The fourth-order valence-corrected chi connectivity index (χ4v) is 4.09. The van der Waals surface area contributed by atoms with Crippen LogP contribution in [0, 0.1) is 17.0 Å². The molecule has 0 saturated carbocycles. The number of nitro benzene ring substituents is 1. The van der Waals surface area contributed by atoms with Gasteiger partial charge in [0.1, 0.15) is 11.8 Å². The smallest absolute Gasteiger partial charge is 0.311 e. The summed E-state index contributed by atoms with van der Waals surface area (Å²) in [7, 11) is 1.32. The summed E-state index contributed by atoms with van der Waals surface area (Å²) in [5.41, 5.74) is 2.63. The molecule has 0 saturated heterocycles. The van der Waals surface area contributed by atoms with Crippen LogP contribution in [0.15, 0.2) is 72.8 Å². The van der Waals surface area contributed by atoms with Crippen molar-refractivity contribution in [2.45, 2.75) is 52.2 Å². The Kier molecular flexibility index (Phi) is 10.4. The average Bonchev–Trinajstić information content (AvgIpc) is 2.94. The van der Waals surface area contributed by atoms with Gasteiger partial charge in [-0.05, 0) is 43.0 Å². The fraction of sp³-hybridized carbons (Fsp3) is 0.333. The highest BCUT2D eigenvalue weighted by atomic mass is 16.6. The Morgan fingerprint density at radius 3 is 2.38 bits per heavy atom. The first-order chi connectivity index (χ1) is 18.7. The number of nitro groups is 1. The molecule has 0 aromatic heterocycles. The van der Waals surface area contributed by atoms with E-state index in [1.165, 1.54) is 25.3 Å². The molecular weight excluding hydrogens is 498 g/mol. The molecule has 9 heteroatoms. The molecule has 3 aromatic rings. The normalized spacial score (nSPS) is 12.2. The number of hydrogen-bond acceptors (Lipinski definition) is 6. The lowest BCUT2D eigenvalue weighted by Crippen LogP contribution is -2.53. The van der Waals surface area contributed by atoms with Crippen molar-refractivity contribution in [3.63, 3.8) is 0 Å². The molecule has 0 bridgehead atoms. The van der Waals surface area contributed by atoms with Gasteiger partial charge in [0.15, 0.2) is 6.61 Å². The van der Waals surface area contributed by atoms with E-state index < -0.39 is 16.9 Å². The van der Waals surface area contributed by atoms with Gasteiger partial charge < -0.3 is 19.7 Å². The Balaban J connectivity index is 1.93. The number of hydrogen-bond donors (Lipinski definition) is 1. The van der Waals surface area contributed by atoms with Crippen molar-refractivity contribution in [1.29, 1.82) is 0 Å². The van der Waals surface area contributed by atoms with Gasteiger partial charge >= 0.3 is 5.69 Å². The van der Waals surface area contributed by atoms with E-state index in [1.54, 1.807) is 4.90 Å². The third kappa shape index (κ3) is 8.04. The summed E-state index contributed by atoms with van der Waals surface area (Å²) >= 11 is 0. The Labute approximate surface area is 228 Å². The number of aryl methyl sites for hydroxylation is 1. The third-order valence-electron chi connectivity index (χ3n) is 6.58. The first-order valence-electron chi connectivity index (χ1n) is 12.9. The molecule has 0 aliphatic carbocycles. The number of nitrogens with one attached hydrogen (secondary N) is 1. The molecule has 9 nitrogen and oxygen atoms in total. The highest BCUT2D eigenvalue weighted by Gasteiger charge is 2.31. The minimum absolute atomic E-state index is 0.0246. The van der Waals surface area contributed by atoms with Crippen molar-refractivity contribution in [3.05, 3.63) is 99.6 Å². The van der Waals surface area contributed by atoms with Crippen molar-refractivity contribution in [3.8, 4) is 11.5 Å². The van der Waals surface area contributed by atoms with Crippen molar-refractivity contribution in [2.24, 2.45) is 0 Å². The lowest BCUT2D eigenvalue weighted by Gasteiger charge is -2.32. The summed E-state index contributed by atoms with van der Waals surface area (Å²) in [6, 6.07) is 20.5. The van der Waals surface area contributed by atoms with Crippen LogP contribution in [0.25, 0.3) is 0 Å². The summed E-state index contributed by atoms with van der Waals surface area (Å²) in [4.78, 5) is 39.5. The van der Waals surface area contributed by atoms with E-state index in [9.17, 15) is 19.7 Å². The molecule has 0 spiro atoms. The van der Waals surface area contributed by atoms with Gasteiger partial charge in [-0.25, -0.2) is 0 Å². The predicted octanol–water partition coefficient (Wildman–Crippen LogP) is 4.85. The molecule has 0 fully saturated rings. The molecule has 206 valence electrons. The van der Waals surface area contributed by atoms with Crippen LogP contribution in [0.2, 0.25) is 0 Å². The Morgan fingerprint density at radius 2 is 1.74 bits per heavy atom. The van der Waals surface area contributed by atoms with Gasteiger partial charge in [0.2, 0.25) is 11.7 Å². The van der Waals surface area contributed by atoms with E-state index >= 15 is 0 Å². The largest absolute Gasteiger partial charge is 0.490 e. The second-order valence-electron chi connectivity index (χ2n) is 9.35. The Morgan fingerprint density at radius 1 is 1.05 bits per heavy atom. The van der Waals surface area contributed by atoms with Crippen LogP contribution in [0.3, 0.4) is 0 Å². The van der Waals surface area contributed by atoms with E-state index in [0.29, 0.717) is 6.42 Å². The van der Waals surface area contributed by atoms with Gasteiger partial charge in [-0.1, -0.05) is 61.5 Å². The van der Waals surface area contributed by atoms with Gasteiger partial charge in [-0.2, -0.15) is 0 Å². The SMILES string of the molecule is CC[C@H](C)NC(=O)[C@@H](Cc1ccccc1)N(Cc1ccccc1C)C(=O)COc1ccc([N+](=O)[O-])c(OC)c1. The van der Waals surface area contributed by atoms with Crippen LogP contribution >= 0.6 is 0 Å². The molecule has 0 unspecified atom stereocenters. The van der Waals surface area contributed by atoms with Gasteiger partial charge in [0, 0.05) is 31.1 Å². The molecule has 0 heterocycles. The van der Waals surface area contributed by atoms with Crippen LogP contribution < -0.4 is 14.8 Å². The van der Waals surface area contributed by atoms with Crippen molar-refractivity contribution in [2.75, 3.05) is 13.7 Å². The third-order valence-corrected chi connectivity index (χ3v) is 6.58. The molecule has 0 aliphatic heterocycles. The second kappa shape index (κ2) is 13.9. The first kappa shape index (κ1) is 29.2. The molecular formula is C30H35N3O6. The van der Waals surface area contributed by atoms with E-state index in [0.717, 1.165) is 23.1 Å². The van der Waals surface area contributed by atoms with Crippen LogP contribution in [0.1, 0.15) is 37.0 Å². The van der Waals surface area contributed by atoms with Crippen LogP contribution in [-0.4, -0.2) is 47.4 Å². The van der Waals surface area contributed by atoms with Crippen molar-refractivity contribution in [1.82, 2.24) is 10.2 Å². The van der Waals surface area contributed by atoms with Gasteiger partial charge in [-0.15, -0.1) is 0 Å². The van der Waals surface area contributed by atoms with Crippen LogP contribution in [0.5, 0.6) is 11.5 Å². The molecule has 1 N–H and O–H groups in total. The number of benzene rings is 3. The minimum Gasteiger partial charge on any atom is -0.490 e. The highest BCUT2D eigenvalue weighted by molar-refractivity contribution is 5.88. The summed E-state index contributed by atoms with van der Waals surface area (Å²) in [6.07, 6.45) is 1.08. The van der Waals surface area contributed by atoms with Gasteiger partial charge in [0.25, 0.3) is 5.91 Å². The number of rotatable bonds is 13. The fourth-order valence-electron chi connectivity index (χ4n) is 4.09. The van der Waals surface area contributed by atoms with Gasteiger partial charge in [0.05, 0.1) is 12.0 Å². The Hall–Kier alpha value is -4.40. The van der Waals surface area contributed by atoms with Gasteiger partial charge in [-0.3, -0.25) is 19.7 Å². The zero-order valence-electron chi connectivity index (χ0n) is 22.8. The lowest BCUT2D eigenvalue weighted by molar-refractivity contribution is -0.385. The van der Waals surface area contributed by atoms with E-state index in [1.807, 2.05) is 75.4 Å². The zero-order chi connectivity index (χ0) is 28.4. The maximum Gasteiger partial charge on any atom is 0.311 e. The number of carbonyl (C=O) groups is 2. The van der Waals surface area contributed by atoms with E-state index in [2.05, 4.69) is 5.32 Å². The summed E-state index contributed by atoms with van der Waals surface area (Å²) in [5.74, 6) is -0.371. The zero-order valence-corrected chi connectivity index (χ0v) is 22.8. The second-order valence-corrected chi connectivity index (χ2v) is 9.35. The highest BCUT2D eigenvalue weighted by Crippen LogP contribution is 2.31. The minimum atomic E-state index is -0.788. The molecule has 3 rings (SSSR count). The molecule has 2 amide bonds. The molecule has 2 atom stereocenters. The van der Waals surface area contributed by atoms with Crippen molar-refractivity contribution < 1.29 is 24.0 Å². The molecule has 0 radical (unpaired) electrons. The molecule has 3 aromatic carbocycles. The summed E-state index contributed by atoms with van der Waals surface area (Å²) in [6.45, 7) is 5.72. The van der Waals surface area contributed by atoms with Crippen LogP contribution in [-0.2, 0) is 22.6 Å². The van der Waals surface area contributed by atoms with Crippen molar-refractivity contribution >= 4 is 17.5 Å². The van der Waals surface area contributed by atoms with E-state index in [4.69, 9.17) is 9.47 Å². The monoisotopic (exact) mass is 533 g/mol. The lowest BCUT2D eigenvalue weighted by atomic mass is 10.0. The number of amides is 2. The standard InChI is InChI=1S/C30H35N3O6/c1-5-22(3)31-30(35)27(17-23-12-7-6-8-13-23)32(19-24-14-10-9-11-21(24)2)29(34)20-39-25-15-16-26(33(36)37)28(18-25)38-4/h6-16,18,22,27H,5,17,19-20H2,1-4H3,(H,31,35)/t22-,27+/m0/s1. The summed E-state index contributed by atoms with van der Waals surface area (Å²) < 4.78 is 10.9. The summed E-state index contributed by atoms with van der Waals surface area (Å²) in [5, 5.41) is 14.3. The average molecular weight is 534 g/mol. The topological polar surface area (TPSA) is 111 Å². The number of nitrogens with zero attached hydrogens (tertiary/aromatic N) is 2. The first-order valence-corrected chi connectivity index (χ1v) is 12.9. The quantitative estimate of drug-likeness (QED) is 0.249. The number of methoxy groups -OCH3 is 1. The van der Waals surface area contributed by atoms with E-state index in [-0.39, 0.29) is 42.3 Å². The number of ether oxygens (including phenoxy) is 2. The predicted molar refractivity (Wildman–Crippen MR) is 149 cm³/mol. The maximum absolute atomic E-state index is 13.7. The maximum atomic E-state index is 13.7. The molecule has 39 heavy (non-hydrogen) atoms. The number of carbonyl (C=O) groups excluding carboxylic acids is 2.